The fourth-order valence-electron chi connectivity index (χ4n) is 2.78. The molecule has 0 radical (unpaired) electrons. The maximum atomic E-state index is 5.40. The predicted octanol–water partition coefficient (Wildman–Crippen LogP) is 4.60. The van der Waals surface area contributed by atoms with Crippen molar-refractivity contribution < 1.29 is 4.52 Å². The molecule has 0 aliphatic rings. The molecule has 0 atom stereocenters. The molecule has 2 aromatic heterocycles. The van der Waals surface area contributed by atoms with Crippen LogP contribution in [0.5, 0.6) is 0 Å². The molecule has 124 valence electrons. The summed E-state index contributed by atoms with van der Waals surface area (Å²) in [6, 6.07) is 6.13. The molecule has 5 heteroatoms. The summed E-state index contributed by atoms with van der Waals surface area (Å²) in [6.07, 6.45) is 2.78. The summed E-state index contributed by atoms with van der Waals surface area (Å²) in [6.45, 7) is 12.2. The summed E-state index contributed by atoms with van der Waals surface area (Å²) in [7, 11) is 0. The number of rotatable bonds is 5. The minimum atomic E-state index is 0.372. The van der Waals surface area contributed by atoms with Crippen LogP contribution in [0.3, 0.4) is 0 Å². The van der Waals surface area contributed by atoms with E-state index >= 15 is 0 Å². The maximum Gasteiger partial charge on any atom is 0.278 e. The number of H-pyrrole nitrogens is 1. The van der Waals surface area contributed by atoms with E-state index in [-0.39, 0.29) is 0 Å². The van der Waals surface area contributed by atoms with Crippen LogP contribution in [-0.2, 0) is 6.42 Å². The normalized spacial score (nSPS) is 11.2. The molecule has 0 spiro atoms. The van der Waals surface area contributed by atoms with Gasteiger partial charge in [0.25, 0.3) is 5.89 Å². The fourth-order valence-corrected chi connectivity index (χ4v) is 2.78. The zero-order valence-electron chi connectivity index (χ0n) is 14.6. The van der Waals surface area contributed by atoms with E-state index in [1.807, 2.05) is 12.1 Å². The first-order chi connectivity index (χ1) is 11.5. The van der Waals surface area contributed by atoms with Gasteiger partial charge in [-0.05, 0) is 61.1 Å². The predicted molar refractivity (Wildman–Crippen MR) is 94.8 cm³/mol. The summed E-state index contributed by atoms with van der Waals surface area (Å²) in [5.41, 5.74) is 6.38. The third-order valence-corrected chi connectivity index (χ3v) is 4.17. The Balaban J connectivity index is 1.94. The second-order valence-electron chi connectivity index (χ2n) is 6.37. The van der Waals surface area contributed by atoms with Gasteiger partial charge in [0.15, 0.2) is 5.69 Å². The van der Waals surface area contributed by atoms with Gasteiger partial charge in [0, 0.05) is 11.3 Å². The van der Waals surface area contributed by atoms with Gasteiger partial charge in [0.1, 0.15) is 0 Å². The molecule has 1 N–H and O–H groups in total. The topological polar surface area (TPSA) is 67.6 Å². The van der Waals surface area contributed by atoms with Gasteiger partial charge in [-0.1, -0.05) is 25.1 Å². The van der Waals surface area contributed by atoms with Crippen LogP contribution in [0.4, 0.5) is 0 Å². The molecule has 0 unspecified atom stereocenters. The molecule has 0 aliphatic heterocycles. The third kappa shape index (κ3) is 3.02. The number of benzene rings is 1. The average molecular weight is 322 g/mol. The molecule has 0 bridgehead atoms. The Morgan fingerprint density at radius 3 is 2.50 bits per heavy atom. The van der Waals surface area contributed by atoms with Crippen LogP contribution >= 0.6 is 0 Å². The summed E-state index contributed by atoms with van der Waals surface area (Å²) in [4.78, 5) is 4.50. The Bertz CT molecular complexity index is 850. The smallest absolute Gasteiger partial charge is 0.278 e. The Kier molecular flexibility index (Phi) is 4.34. The second kappa shape index (κ2) is 6.43. The van der Waals surface area contributed by atoms with E-state index in [1.54, 1.807) is 0 Å². The Morgan fingerprint density at radius 2 is 1.92 bits per heavy atom. The first kappa shape index (κ1) is 16.2. The van der Waals surface area contributed by atoms with Crippen molar-refractivity contribution in [2.24, 2.45) is 0 Å². The molecule has 2 heterocycles. The van der Waals surface area contributed by atoms with E-state index in [9.17, 15) is 0 Å². The van der Waals surface area contributed by atoms with E-state index < -0.39 is 0 Å². The van der Waals surface area contributed by atoms with Gasteiger partial charge in [0.05, 0.1) is 0 Å². The number of allylic oxidation sites excluding steroid dienone is 1. The molecule has 0 amide bonds. The van der Waals surface area contributed by atoms with Crippen LogP contribution in [-0.4, -0.2) is 20.3 Å². The number of nitrogens with zero attached hydrogens (tertiary/aromatic N) is 3. The fraction of sp³-hybridized carbons (Fsp3) is 0.316. The van der Waals surface area contributed by atoms with Gasteiger partial charge in [-0.3, -0.25) is 5.10 Å². The Morgan fingerprint density at radius 1 is 1.21 bits per heavy atom. The largest absolute Gasteiger partial charge is 0.332 e. The van der Waals surface area contributed by atoms with Crippen molar-refractivity contribution in [2.75, 3.05) is 0 Å². The zero-order chi connectivity index (χ0) is 17.3. The van der Waals surface area contributed by atoms with Gasteiger partial charge in [0.2, 0.25) is 5.82 Å². The molecule has 0 saturated carbocycles. The van der Waals surface area contributed by atoms with Crippen molar-refractivity contribution >= 4 is 0 Å². The van der Waals surface area contributed by atoms with Crippen LogP contribution in [0.25, 0.3) is 23.0 Å². The number of aromatic amines is 1. The second-order valence-corrected chi connectivity index (χ2v) is 6.37. The summed E-state index contributed by atoms with van der Waals surface area (Å²) in [5.74, 6) is 1.38. The monoisotopic (exact) mass is 322 g/mol. The lowest BCUT2D eigenvalue weighted by molar-refractivity contribution is 0.431. The van der Waals surface area contributed by atoms with E-state index in [2.05, 4.69) is 66.7 Å². The highest BCUT2D eigenvalue weighted by Gasteiger charge is 2.16. The maximum absolute atomic E-state index is 5.40. The first-order valence-electron chi connectivity index (χ1n) is 8.10. The van der Waals surface area contributed by atoms with E-state index in [0.717, 1.165) is 17.7 Å². The molecular weight excluding hydrogens is 300 g/mol. The molecule has 3 rings (SSSR count). The highest BCUT2D eigenvalue weighted by molar-refractivity contribution is 5.61. The molecule has 5 nitrogen and oxygen atoms in total. The Labute approximate surface area is 141 Å². The molecule has 3 aromatic rings. The first-order valence-corrected chi connectivity index (χ1v) is 8.10. The molecule has 24 heavy (non-hydrogen) atoms. The summed E-state index contributed by atoms with van der Waals surface area (Å²) >= 11 is 0. The number of aromatic nitrogens is 4. The van der Waals surface area contributed by atoms with Gasteiger partial charge in [-0.25, -0.2) is 0 Å². The molecule has 0 saturated heterocycles. The number of hydrogen-bond donors (Lipinski definition) is 1. The van der Waals surface area contributed by atoms with Gasteiger partial charge < -0.3 is 4.52 Å². The minimum Gasteiger partial charge on any atom is -0.332 e. The number of nitrogens with one attached hydrogen (secondary N) is 1. The van der Waals surface area contributed by atoms with E-state index in [0.29, 0.717) is 23.3 Å². The lowest BCUT2D eigenvalue weighted by atomic mass is 9.97. The average Bonchev–Trinajstić information content (AvgIpc) is 3.19. The van der Waals surface area contributed by atoms with Crippen molar-refractivity contribution in [1.82, 2.24) is 20.3 Å². The van der Waals surface area contributed by atoms with Crippen molar-refractivity contribution in [1.29, 1.82) is 0 Å². The molecule has 0 fully saturated rings. The molecule has 0 aliphatic carbocycles. The van der Waals surface area contributed by atoms with Crippen LogP contribution in [0, 0.1) is 13.8 Å². The SMILES string of the molecule is C=CCc1c(C)cc(-c2noc(-c3cc(C(C)C)[nH]n3)n2)cc1C. The lowest BCUT2D eigenvalue weighted by Gasteiger charge is -2.09. The summed E-state index contributed by atoms with van der Waals surface area (Å²) < 4.78 is 5.40. The number of aryl methyl sites for hydroxylation is 2. The minimum absolute atomic E-state index is 0.372. The van der Waals surface area contributed by atoms with Crippen molar-refractivity contribution in [3.63, 3.8) is 0 Å². The quantitative estimate of drug-likeness (QED) is 0.697. The number of hydrogen-bond acceptors (Lipinski definition) is 4. The van der Waals surface area contributed by atoms with E-state index in [4.69, 9.17) is 4.52 Å². The van der Waals surface area contributed by atoms with Crippen LogP contribution < -0.4 is 0 Å². The van der Waals surface area contributed by atoms with Crippen molar-refractivity contribution in [3.8, 4) is 23.0 Å². The highest BCUT2D eigenvalue weighted by atomic mass is 16.5. The van der Waals surface area contributed by atoms with Crippen molar-refractivity contribution in [2.45, 2.75) is 40.0 Å². The van der Waals surface area contributed by atoms with Gasteiger partial charge in [-0.15, -0.1) is 6.58 Å². The zero-order valence-corrected chi connectivity index (χ0v) is 14.6. The summed E-state index contributed by atoms with van der Waals surface area (Å²) in [5, 5.41) is 11.4. The third-order valence-electron chi connectivity index (χ3n) is 4.17. The van der Waals surface area contributed by atoms with Crippen molar-refractivity contribution in [3.05, 3.63) is 53.2 Å². The van der Waals surface area contributed by atoms with Gasteiger partial charge >= 0.3 is 0 Å². The molecular formula is C19H22N4O. The van der Waals surface area contributed by atoms with Crippen LogP contribution in [0.15, 0.2) is 35.4 Å². The lowest BCUT2D eigenvalue weighted by Crippen LogP contribution is -1.94. The highest BCUT2D eigenvalue weighted by Crippen LogP contribution is 2.26. The van der Waals surface area contributed by atoms with Crippen LogP contribution in [0.2, 0.25) is 0 Å². The van der Waals surface area contributed by atoms with Crippen LogP contribution in [0.1, 0.15) is 42.1 Å². The Hall–Kier alpha value is -2.69. The van der Waals surface area contributed by atoms with E-state index in [1.165, 1.54) is 16.7 Å². The standard InChI is InChI=1S/C19H22N4O/c1-6-7-15-12(4)8-14(9-13(15)5)18-20-19(24-23-18)17-10-16(11(2)3)21-22-17/h6,8-11H,1,7H2,2-5H3,(H,21,22). The molecule has 1 aromatic carbocycles. The van der Waals surface area contributed by atoms with Gasteiger partial charge in [-0.2, -0.15) is 10.1 Å².